The van der Waals surface area contributed by atoms with E-state index in [1.807, 2.05) is 31.2 Å². The molecule has 0 radical (unpaired) electrons. The zero-order chi connectivity index (χ0) is 15.2. The Balaban J connectivity index is 2.02. The lowest BCUT2D eigenvalue weighted by molar-refractivity contribution is -0.135. The van der Waals surface area contributed by atoms with E-state index in [1.165, 1.54) is 0 Å². The number of likely N-dealkylation sites (N-methyl/N-ethyl adjacent to an activating group) is 1. The minimum Gasteiger partial charge on any atom is -0.381 e. The molecule has 116 valence electrons. The Morgan fingerprint density at radius 3 is 2.71 bits per heavy atom. The summed E-state index contributed by atoms with van der Waals surface area (Å²) in [5.74, 6) is 0.218. The fourth-order valence-corrected chi connectivity index (χ4v) is 2.86. The van der Waals surface area contributed by atoms with Crippen LogP contribution in [0.5, 0.6) is 0 Å². The molecule has 0 aromatic heterocycles. The number of carbonyl (C=O) groups is 1. The van der Waals surface area contributed by atoms with E-state index in [4.69, 9.17) is 22.1 Å². The van der Waals surface area contributed by atoms with Crippen molar-refractivity contribution in [2.45, 2.75) is 32.4 Å². The number of halogens is 1. The zero-order valence-corrected chi connectivity index (χ0v) is 13.2. The van der Waals surface area contributed by atoms with Crippen molar-refractivity contribution >= 4 is 17.5 Å². The molecule has 0 saturated carbocycles. The van der Waals surface area contributed by atoms with Crippen LogP contribution in [0.25, 0.3) is 0 Å². The summed E-state index contributed by atoms with van der Waals surface area (Å²) in [6, 6.07) is 7.15. The molecule has 1 aliphatic heterocycles. The van der Waals surface area contributed by atoms with Crippen molar-refractivity contribution in [1.82, 2.24) is 4.90 Å². The Hall–Kier alpha value is -1.10. The third-order valence-electron chi connectivity index (χ3n) is 4.07. The third kappa shape index (κ3) is 4.19. The van der Waals surface area contributed by atoms with E-state index in [1.54, 1.807) is 4.90 Å². The molecule has 1 amide bonds. The van der Waals surface area contributed by atoms with Crippen LogP contribution in [0.15, 0.2) is 24.3 Å². The first-order valence-corrected chi connectivity index (χ1v) is 7.86. The van der Waals surface area contributed by atoms with E-state index in [-0.39, 0.29) is 11.8 Å². The lowest BCUT2D eigenvalue weighted by Gasteiger charge is -2.31. The van der Waals surface area contributed by atoms with Gasteiger partial charge >= 0.3 is 0 Å². The van der Waals surface area contributed by atoms with Crippen LogP contribution in [0.3, 0.4) is 0 Å². The summed E-state index contributed by atoms with van der Waals surface area (Å²) in [5.41, 5.74) is 7.13. The first-order valence-electron chi connectivity index (χ1n) is 7.49. The molecule has 1 saturated heterocycles. The molecule has 5 heteroatoms. The molecule has 21 heavy (non-hydrogen) atoms. The second-order valence-electron chi connectivity index (χ2n) is 5.42. The highest BCUT2D eigenvalue weighted by Crippen LogP contribution is 2.21. The molecule has 2 N–H and O–H groups in total. The average molecular weight is 311 g/mol. The molecule has 1 aromatic carbocycles. The first kappa shape index (κ1) is 16.3. The van der Waals surface area contributed by atoms with Crippen LogP contribution >= 0.6 is 11.6 Å². The second kappa shape index (κ2) is 7.78. The Morgan fingerprint density at radius 1 is 1.43 bits per heavy atom. The minimum atomic E-state index is -0.448. The van der Waals surface area contributed by atoms with Crippen LogP contribution in [0.2, 0.25) is 5.02 Å². The monoisotopic (exact) mass is 310 g/mol. The highest BCUT2D eigenvalue weighted by Gasteiger charge is 2.29. The Labute approximate surface area is 131 Å². The summed E-state index contributed by atoms with van der Waals surface area (Å²) in [6.07, 6.45) is 1.72. The standard InChI is InChI=1S/C16H23ClN2O2/c1-2-19(11-13-5-3-4-6-14(13)17)16(20)15(18)12-7-9-21-10-8-12/h3-6,12,15H,2,7-11,18H2,1H3. The number of hydrogen-bond donors (Lipinski definition) is 1. The highest BCUT2D eigenvalue weighted by atomic mass is 35.5. The predicted octanol–water partition coefficient (Wildman–Crippen LogP) is 2.44. The van der Waals surface area contributed by atoms with Gasteiger partial charge in [-0.1, -0.05) is 29.8 Å². The van der Waals surface area contributed by atoms with Crippen molar-refractivity contribution in [1.29, 1.82) is 0 Å². The number of hydrogen-bond acceptors (Lipinski definition) is 3. The molecule has 2 rings (SSSR count). The Kier molecular flexibility index (Phi) is 6.03. The second-order valence-corrected chi connectivity index (χ2v) is 5.83. The Morgan fingerprint density at radius 2 is 2.10 bits per heavy atom. The van der Waals surface area contributed by atoms with Crippen molar-refractivity contribution in [3.05, 3.63) is 34.9 Å². The molecule has 1 unspecified atom stereocenters. The summed E-state index contributed by atoms with van der Waals surface area (Å²) in [7, 11) is 0. The summed E-state index contributed by atoms with van der Waals surface area (Å²) in [6.45, 7) is 4.49. The van der Waals surface area contributed by atoms with Crippen LogP contribution in [0, 0.1) is 5.92 Å². The molecule has 1 aliphatic rings. The van der Waals surface area contributed by atoms with Gasteiger partial charge in [-0.2, -0.15) is 0 Å². The topological polar surface area (TPSA) is 55.6 Å². The largest absolute Gasteiger partial charge is 0.381 e. The van der Waals surface area contributed by atoms with E-state index >= 15 is 0 Å². The van der Waals surface area contributed by atoms with Gasteiger partial charge in [0.25, 0.3) is 0 Å². The minimum absolute atomic E-state index is 0.00400. The highest BCUT2D eigenvalue weighted by molar-refractivity contribution is 6.31. The molecule has 0 spiro atoms. The Bertz CT molecular complexity index is 475. The number of amides is 1. The van der Waals surface area contributed by atoms with E-state index in [2.05, 4.69) is 0 Å². The SMILES string of the molecule is CCN(Cc1ccccc1Cl)C(=O)C(N)C1CCOCC1. The van der Waals surface area contributed by atoms with Gasteiger partial charge < -0.3 is 15.4 Å². The zero-order valence-electron chi connectivity index (χ0n) is 12.4. The molecule has 0 aliphatic carbocycles. The number of rotatable bonds is 5. The van der Waals surface area contributed by atoms with Gasteiger partial charge in [0, 0.05) is 31.3 Å². The number of nitrogens with two attached hydrogens (primary N) is 1. The fourth-order valence-electron chi connectivity index (χ4n) is 2.67. The van der Waals surface area contributed by atoms with Gasteiger partial charge in [-0.15, -0.1) is 0 Å². The maximum atomic E-state index is 12.6. The molecular formula is C16H23ClN2O2. The van der Waals surface area contributed by atoms with Gasteiger partial charge in [0.15, 0.2) is 0 Å². The molecule has 1 aromatic rings. The fraction of sp³-hybridized carbons (Fsp3) is 0.562. The van der Waals surface area contributed by atoms with Gasteiger partial charge in [-0.05, 0) is 37.3 Å². The summed E-state index contributed by atoms with van der Waals surface area (Å²) >= 11 is 6.17. The van der Waals surface area contributed by atoms with E-state index < -0.39 is 6.04 Å². The van der Waals surface area contributed by atoms with Crippen molar-refractivity contribution in [2.24, 2.45) is 11.7 Å². The predicted molar refractivity (Wildman–Crippen MR) is 84.1 cm³/mol. The van der Waals surface area contributed by atoms with Gasteiger partial charge in [-0.3, -0.25) is 4.79 Å². The van der Waals surface area contributed by atoms with E-state index in [9.17, 15) is 4.79 Å². The van der Waals surface area contributed by atoms with E-state index in [0.717, 1.165) is 18.4 Å². The van der Waals surface area contributed by atoms with Crippen LogP contribution in [0.1, 0.15) is 25.3 Å². The number of nitrogens with zero attached hydrogens (tertiary/aromatic N) is 1. The van der Waals surface area contributed by atoms with Crippen molar-refractivity contribution in [3.8, 4) is 0 Å². The molecule has 1 heterocycles. The van der Waals surface area contributed by atoms with Crippen molar-refractivity contribution < 1.29 is 9.53 Å². The first-order chi connectivity index (χ1) is 10.1. The lowest BCUT2D eigenvalue weighted by Crippen LogP contribution is -2.48. The van der Waals surface area contributed by atoms with Gasteiger partial charge in [0.05, 0.1) is 6.04 Å². The van der Waals surface area contributed by atoms with Crippen LogP contribution < -0.4 is 5.73 Å². The maximum absolute atomic E-state index is 12.6. The van der Waals surface area contributed by atoms with Crippen LogP contribution in [-0.4, -0.2) is 36.6 Å². The normalized spacial score (nSPS) is 17.5. The average Bonchev–Trinajstić information content (AvgIpc) is 2.53. The smallest absolute Gasteiger partial charge is 0.240 e. The summed E-state index contributed by atoms with van der Waals surface area (Å²) in [4.78, 5) is 14.4. The molecular weight excluding hydrogens is 288 g/mol. The number of benzene rings is 1. The number of ether oxygens (including phenoxy) is 1. The van der Waals surface area contributed by atoms with Gasteiger partial charge in [0.2, 0.25) is 5.91 Å². The molecule has 4 nitrogen and oxygen atoms in total. The third-order valence-corrected chi connectivity index (χ3v) is 4.44. The molecule has 1 fully saturated rings. The van der Waals surface area contributed by atoms with E-state index in [0.29, 0.717) is 31.3 Å². The quantitative estimate of drug-likeness (QED) is 0.909. The van der Waals surface area contributed by atoms with Gasteiger partial charge in [0.1, 0.15) is 0 Å². The maximum Gasteiger partial charge on any atom is 0.240 e. The van der Waals surface area contributed by atoms with Crippen LogP contribution in [0.4, 0.5) is 0 Å². The molecule has 1 atom stereocenters. The number of carbonyl (C=O) groups excluding carboxylic acids is 1. The van der Waals surface area contributed by atoms with Crippen LogP contribution in [-0.2, 0) is 16.1 Å². The lowest BCUT2D eigenvalue weighted by atomic mass is 9.91. The molecule has 0 bridgehead atoms. The summed E-state index contributed by atoms with van der Waals surface area (Å²) < 4.78 is 5.33. The van der Waals surface area contributed by atoms with Crippen molar-refractivity contribution in [2.75, 3.05) is 19.8 Å². The van der Waals surface area contributed by atoms with Gasteiger partial charge in [-0.25, -0.2) is 0 Å². The van der Waals surface area contributed by atoms with Crippen molar-refractivity contribution in [3.63, 3.8) is 0 Å². The summed E-state index contributed by atoms with van der Waals surface area (Å²) in [5, 5.41) is 0.684.